The van der Waals surface area contributed by atoms with Gasteiger partial charge in [-0.1, -0.05) is 60.7 Å². The lowest BCUT2D eigenvalue weighted by Gasteiger charge is -2.36. The summed E-state index contributed by atoms with van der Waals surface area (Å²) in [4.78, 5) is 19.5. The van der Waals surface area contributed by atoms with E-state index in [4.69, 9.17) is 0 Å². The highest BCUT2D eigenvalue weighted by Crippen LogP contribution is 2.27. The number of para-hydroxylation sites is 3. The van der Waals surface area contributed by atoms with E-state index in [2.05, 4.69) is 9.80 Å². The van der Waals surface area contributed by atoms with Crippen molar-refractivity contribution >= 4 is 17.3 Å². The summed E-state index contributed by atoms with van der Waals surface area (Å²) in [5.74, 6) is 0.404. The molecule has 154 valence electrons. The van der Waals surface area contributed by atoms with Crippen LogP contribution in [0.25, 0.3) is 0 Å². The number of carbonyl (C=O) groups is 1. The number of phenolic OH excluding ortho intramolecular Hbond substituents is 1. The molecule has 1 heterocycles. The SMILES string of the molecule is O=C(CN1CCN(c2ccccc2O)CC1)N(Cc1ccccc1)c1ccccc1. The maximum atomic E-state index is 13.3. The molecule has 0 atom stereocenters. The van der Waals surface area contributed by atoms with E-state index in [-0.39, 0.29) is 5.91 Å². The van der Waals surface area contributed by atoms with Gasteiger partial charge in [0.05, 0.1) is 18.8 Å². The van der Waals surface area contributed by atoms with Crippen LogP contribution in [0.5, 0.6) is 5.75 Å². The number of anilines is 2. The molecule has 4 rings (SSSR count). The van der Waals surface area contributed by atoms with Crippen molar-refractivity contribution in [1.29, 1.82) is 0 Å². The molecule has 1 aliphatic rings. The molecule has 1 fully saturated rings. The number of rotatable bonds is 6. The molecule has 0 aromatic heterocycles. The van der Waals surface area contributed by atoms with Crippen LogP contribution in [0.1, 0.15) is 5.56 Å². The summed E-state index contributed by atoms with van der Waals surface area (Å²) in [6, 6.07) is 27.4. The zero-order chi connectivity index (χ0) is 20.8. The van der Waals surface area contributed by atoms with Crippen LogP contribution in [0.2, 0.25) is 0 Å². The van der Waals surface area contributed by atoms with Crippen LogP contribution in [0.3, 0.4) is 0 Å². The molecule has 0 radical (unpaired) electrons. The van der Waals surface area contributed by atoms with Gasteiger partial charge in [-0.2, -0.15) is 0 Å². The van der Waals surface area contributed by atoms with E-state index in [1.54, 1.807) is 6.07 Å². The summed E-state index contributed by atoms with van der Waals surface area (Å²) in [5, 5.41) is 10.1. The first kappa shape index (κ1) is 20.0. The third-order valence-corrected chi connectivity index (χ3v) is 5.51. The average Bonchev–Trinajstić information content (AvgIpc) is 2.80. The smallest absolute Gasteiger partial charge is 0.241 e. The monoisotopic (exact) mass is 401 g/mol. The van der Waals surface area contributed by atoms with Gasteiger partial charge in [0.15, 0.2) is 0 Å². The lowest BCUT2D eigenvalue weighted by molar-refractivity contribution is -0.120. The fraction of sp³-hybridized carbons (Fsp3) is 0.240. The lowest BCUT2D eigenvalue weighted by Crippen LogP contribution is -2.50. The Bertz CT molecular complexity index is 954. The van der Waals surface area contributed by atoms with Crippen LogP contribution in [-0.2, 0) is 11.3 Å². The number of benzene rings is 3. The molecule has 3 aromatic carbocycles. The number of piperazine rings is 1. The van der Waals surface area contributed by atoms with Gasteiger partial charge in [0, 0.05) is 31.9 Å². The molecule has 1 N–H and O–H groups in total. The molecule has 5 nitrogen and oxygen atoms in total. The molecule has 0 unspecified atom stereocenters. The molecule has 30 heavy (non-hydrogen) atoms. The fourth-order valence-electron chi connectivity index (χ4n) is 3.85. The highest BCUT2D eigenvalue weighted by atomic mass is 16.3. The van der Waals surface area contributed by atoms with Crippen molar-refractivity contribution in [2.45, 2.75) is 6.54 Å². The van der Waals surface area contributed by atoms with E-state index in [9.17, 15) is 9.90 Å². The largest absolute Gasteiger partial charge is 0.506 e. The van der Waals surface area contributed by atoms with Crippen molar-refractivity contribution < 1.29 is 9.90 Å². The van der Waals surface area contributed by atoms with Gasteiger partial charge in [-0.15, -0.1) is 0 Å². The van der Waals surface area contributed by atoms with Gasteiger partial charge in [-0.05, 0) is 29.8 Å². The molecule has 1 aliphatic heterocycles. The second kappa shape index (κ2) is 9.46. The zero-order valence-electron chi connectivity index (χ0n) is 17.0. The van der Waals surface area contributed by atoms with Crippen LogP contribution in [0.4, 0.5) is 11.4 Å². The average molecular weight is 402 g/mol. The Morgan fingerprint density at radius 3 is 2.07 bits per heavy atom. The Labute approximate surface area is 177 Å². The molecule has 0 saturated carbocycles. The third kappa shape index (κ3) is 4.81. The van der Waals surface area contributed by atoms with Crippen LogP contribution < -0.4 is 9.80 Å². The molecular weight excluding hydrogens is 374 g/mol. The first-order valence-corrected chi connectivity index (χ1v) is 10.4. The predicted molar refractivity (Wildman–Crippen MR) is 121 cm³/mol. The maximum Gasteiger partial charge on any atom is 0.241 e. The van der Waals surface area contributed by atoms with Crippen LogP contribution in [-0.4, -0.2) is 48.6 Å². The van der Waals surface area contributed by atoms with Crippen molar-refractivity contribution in [2.24, 2.45) is 0 Å². The summed E-state index contributed by atoms with van der Waals surface area (Å²) < 4.78 is 0. The summed E-state index contributed by atoms with van der Waals surface area (Å²) >= 11 is 0. The number of aromatic hydroxyl groups is 1. The van der Waals surface area contributed by atoms with Gasteiger partial charge in [0.25, 0.3) is 0 Å². The molecule has 0 bridgehead atoms. The van der Waals surface area contributed by atoms with E-state index in [0.717, 1.165) is 43.1 Å². The fourth-order valence-corrected chi connectivity index (χ4v) is 3.85. The Balaban J connectivity index is 1.41. The minimum Gasteiger partial charge on any atom is -0.506 e. The second-order valence-corrected chi connectivity index (χ2v) is 7.55. The van der Waals surface area contributed by atoms with Gasteiger partial charge in [0.1, 0.15) is 5.75 Å². The van der Waals surface area contributed by atoms with Crippen molar-refractivity contribution in [3.8, 4) is 5.75 Å². The Morgan fingerprint density at radius 2 is 1.40 bits per heavy atom. The minimum atomic E-state index is 0.0982. The van der Waals surface area contributed by atoms with Crippen molar-refractivity contribution in [1.82, 2.24) is 4.90 Å². The van der Waals surface area contributed by atoms with E-state index < -0.39 is 0 Å². The van der Waals surface area contributed by atoms with Crippen molar-refractivity contribution in [3.63, 3.8) is 0 Å². The third-order valence-electron chi connectivity index (χ3n) is 5.51. The van der Waals surface area contributed by atoms with E-state index >= 15 is 0 Å². The topological polar surface area (TPSA) is 47.0 Å². The number of carbonyl (C=O) groups excluding carboxylic acids is 1. The van der Waals surface area contributed by atoms with Crippen LogP contribution in [0, 0.1) is 0 Å². The number of nitrogens with zero attached hydrogens (tertiary/aromatic N) is 3. The normalized spacial score (nSPS) is 14.5. The molecular formula is C25H27N3O2. The molecule has 0 spiro atoms. The maximum absolute atomic E-state index is 13.3. The quantitative estimate of drug-likeness (QED) is 0.683. The first-order valence-electron chi connectivity index (χ1n) is 10.4. The van der Waals surface area contributed by atoms with Crippen molar-refractivity contribution in [3.05, 3.63) is 90.5 Å². The Morgan fingerprint density at radius 1 is 0.800 bits per heavy atom. The van der Waals surface area contributed by atoms with Crippen LogP contribution >= 0.6 is 0 Å². The molecule has 1 saturated heterocycles. The molecule has 1 amide bonds. The Hall–Kier alpha value is -3.31. The predicted octanol–water partition coefficient (Wildman–Crippen LogP) is 3.75. The highest BCUT2D eigenvalue weighted by Gasteiger charge is 2.23. The Kier molecular flexibility index (Phi) is 6.30. The van der Waals surface area contributed by atoms with Crippen molar-refractivity contribution in [2.75, 3.05) is 42.5 Å². The summed E-state index contributed by atoms with van der Waals surface area (Å²) in [6.07, 6.45) is 0. The highest BCUT2D eigenvalue weighted by molar-refractivity contribution is 5.94. The summed E-state index contributed by atoms with van der Waals surface area (Å²) in [6.45, 7) is 4.09. The van der Waals surface area contributed by atoms with E-state index in [1.807, 2.05) is 83.8 Å². The number of hydrogen-bond donors (Lipinski definition) is 1. The summed E-state index contributed by atoms with van der Waals surface area (Å²) in [7, 11) is 0. The van der Waals surface area contributed by atoms with Gasteiger partial charge in [0.2, 0.25) is 5.91 Å². The van der Waals surface area contributed by atoms with Crippen LogP contribution in [0.15, 0.2) is 84.9 Å². The minimum absolute atomic E-state index is 0.0982. The van der Waals surface area contributed by atoms with Gasteiger partial charge in [-0.3, -0.25) is 9.69 Å². The molecule has 3 aromatic rings. The van der Waals surface area contributed by atoms with Gasteiger partial charge < -0.3 is 14.9 Å². The first-order chi connectivity index (χ1) is 14.7. The second-order valence-electron chi connectivity index (χ2n) is 7.55. The molecule has 5 heteroatoms. The number of amides is 1. The van der Waals surface area contributed by atoms with Gasteiger partial charge >= 0.3 is 0 Å². The molecule has 0 aliphatic carbocycles. The van der Waals surface area contributed by atoms with E-state index in [1.165, 1.54) is 0 Å². The zero-order valence-corrected chi connectivity index (χ0v) is 17.0. The standard InChI is InChI=1S/C25H27N3O2/c29-24-14-8-7-13-23(24)27-17-15-26(16-18-27)20-25(30)28(22-11-5-2-6-12-22)19-21-9-3-1-4-10-21/h1-14,29H,15-20H2. The van der Waals surface area contributed by atoms with Gasteiger partial charge in [-0.25, -0.2) is 0 Å². The number of hydrogen-bond acceptors (Lipinski definition) is 4. The lowest BCUT2D eigenvalue weighted by atomic mass is 10.2. The van der Waals surface area contributed by atoms with E-state index in [0.29, 0.717) is 18.8 Å². The number of phenols is 1. The summed E-state index contributed by atoms with van der Waals surface area (Å²) in [5.41, 5.74) is 2.89.